The zero-order valence-corrected chi connectivity index (χ0v) is 15.1. The Balaban J connectivity index is 1.74. The second-order valence-electron chi connectivity index (χ2n) is 5.77. The van der Waals surface area contributed by atoms with Crippen molar-refractivity contribution in [3.63, 3.8) is 0 Å². The summed E-state index contributed by atoms with van der Waals surface area (Å²) in [4.78, 5) is 27.8. The van der Waals surface area contributed by atoms with Gasteiger partial charge in [-0.15, -0.1) is 11.3 Å². The minimum absolute atomic E-state index is 0.0709. The van der Waals surface area contributed by atoms with Gasteiger partial charge >= 0.3 is 0 Å². The summed E-state index contributed by atoms with van der Waals surface area (Å²) in [6.45, 7) is 3.30. The standard InChI is InChI=1S/C19H17N3O3S/c1-11-3-8-17(24)15(9-11)18(25)22-19-21-16(10-26-19)13-4-6-14(7-5-13)20-12(2)23/h3-10,24H,1-2H3,(H,20,23)(H,21,22,25). The van der Waals surface area contributed by atoms with Crippen LogP contribution in [0.2, 0.25) is 0 Å². The molecule has 1 aromatic heterocycles. The molecule has 0 fully saturated rings. The Bertz CT molecular complexity index is 964. The van der Waals surface area contributed by atoms with Crippen molar-refractivity contribution in [2.24, 2.45) is 0 Å². The van der Waals surface area contributed by atoms with Gasteiger partial charge in [0.25, 0.3) is 5.91 Å². The van der Waals surface area contributed by atoms with Gasteiger partial charge in [-0.05, 0) is 31.2 Å². The van der Waals surface area contributed by atoms with E-state index in [1.807, 2.05) is 24.4 Å². The van der Waals surface area contributed by atoms with E-state index in [1.165, 1.54) is 24.3 Å². The largest absolute Gasteiger partial charge is 0.507 e. The number of nitrogens with zero attached hydrogens (tertiary/aromatic N) is 1. The van der Waals surface area contributed by atoms with E-state index in [-0.39, 0.29) is 17.2 Å². The Kier molecular flexibility index (Phi) is 4.99. The van der Waals surface area contributed by atoms with Gasteiger partial charge in [-0.3, -0.25) is 14.9 Å². The third kappa shape index (κ3) is 4.07. The quantitative estimate of drug-likeness (QED) is 0.649. The molecule has 0 atom stereocenters. The number of hydrogen-bond acceptors (Lipinski definition) is 5. The molecule has 0 radical (unpaired) electrons. The summed E-state index contributed by atoms with van der Waals surface area (Å²) in [5.74, 6) is -0.609. The fraction of sp³-hybridized carbons (Fsp3) is 0.105. The van der Waals surface area contributed by atoms with Crippen molar-refractivity contribution in [1.82, 2.24) is 4.98 Å². The Hall–Kier alpha value is -3.19. The highest BCUT2D eigenvalue weighted by molar-refractivity contribution is 7.14. The van der Waals surface area contributed by atoms with E-state index >= 15 is 0 Å². The topological polar surface area (TPSA) is 91.3 Å². The van der Waals surface area contributed by atoms with Crippen LogP contribution in [0.4, 0.5) is 10.8 Å². The van der Waals surface area contributed by atoms with Crippen molar-refractivity contribution in [3.05, 3.63) is 59.0 Å². The average Bonchev–Trinajstić information content (AvgIpc) is 3.05. The van der Waals surface area contributed by atoms with Crippen molar-refractivity contribution in [2.75, 3.05) is 10.6 Å². The van der Waals surface area contributed by atoms with E-state index in [0.717, 1.165) is 11.1 Å². The minimum Gasteiger partial charge on any atom is -0.507 e. The maximum atomic E-state index is 12.3. The first-order valence-corrected chi connectivity index (χ1v) is 8.75. The molecule has 0 aliphatic rings. The van der Waals surface area contributed by atoms with Crippen LogP contribution in [0.15, 0.2) is 47.8 Å². The molecule has 0 saturated heterocycles. The summed E-state index contributed by atoms with van der Waals surface area (Å²) in [5.41, 5.74) is 3.38. The normalized spacial score (nSPS) is 10.4. The number of carbonyl (C=O) groups excluding carboxylic acids is 2. The molecule has 2 aromatic carbocycles. The van der Waals surface area contributed by atoms with Gasteiger partial charge in [0, 0.05) is 23.6 Å². The third-order valence-electron chi connectivity index (χ3n) is 3.62. The van der Waals surface area contributed by atoms with Crippen LogP contribution in [0.5, 0.6) is 5.75 Å². The van der Waals surface area contributed by atoms with Gasteiger partial charge in [0.05, 0.1) is 11.3 Å². The molecule has 0 aliphatic carbocycles. The van der Waals surface area contributed by atoms with Crippen LogP contribution in [0, 0.1) is 6.92 Å². The number of aryl methyl sites for hydroxylation is 1. The zero-order chi connectivity index (χ0) is 18.7. The second kappa shape index (κ2) is 7.37. The zero-order valence-electron chi connectivity index (χ0n) is 14.2. The van der Waals surface area contributed by atoms with Crippen LogP contribution in [-0.4, -0.2) is 21.9 Å². The first kappa shape index (κ1) is 17.6. The molecule has 0 unspecified atom stereocenters. The molecule has 3 rings (SSSR count). The fourth-order valence-corrected chi connectivity index (χ4v) is 3.10. The smallest absolute Gasteiger partial charge is 0.261 e. The van der Waals surface area contributed by atoms with Gasteiger partial charge in [0.2, 0.25) is 5.91 Å². The van der Waals surface area contributed by atoms with Gasteiger partial charge in [-0.2, -0.15) is 0 Å². The Labute approximate surface area is 154 Å². The number of phenols is 1. The summed E-state index contributed by atoms with van der Waals surface area (Å²) in [6.07, 6.45) is 0. The molecule has 7 heteroatoms. The van der Waals surface area contributed by atoms with E-state index in [2.05, 4.69) is 15.6 Å². The van der Waals surface area contributed by atoms with Crippen LogP contribution >= 0.6 is 11.3 Å². The van der Waals surface area contributed by atoms with Crippen molar-refractivity contribution < 1.29 is 14.7 Å². The summed E-state index contributed by atoms with van der Waals surface area (Å²) >= 11 is 1.30. The molecular formula is C19H17N3O3S. The number of thiazole rings is 1. The number of nitrogens with one attached hydrogen (secondary N) is 2. The monoisotopic (exact) mass is 367 g/mol. The number of benzene rings is 2. The average molecular weight is 367 g/mol. The molecule has 6 nitrogen and oxygen atoms in total. The molecule has 1 heterocycles. The highest BCUT2D eigenvalue weighted by Gasteiger charge is 2.14. The van der Waals surface area contributed by atoms with Crippen LogP contribution in [-0.2, 0) is 4.79 Å². The highest BCUT2D eigenvalue weighted by atomic mass is 32.1. The Morgan fingerprint density at radius 2 is 1.81 bits per heavy atom. The number of aromatic hydroxyl groups is 1. The molecule has 2 amide bonds. The lowest BCUT2D eigenvalue weighted by Crippen LogP contribution is -2.12. The van der Waals surface area contributed by atoms with E-state index in [0.29, 0.717) is 16.5 Å². The summed E-state index contributed by atoms with van der Waals surface area (Å²) in [7, 11) is 0. The van der Waals surface area contributed by atoms with E-state index in [1.54, 1.807) is 24.3 Å². The number of anilines is 2. The SMILES string of the molecule is CC(=O)Nc1ccc(-c2csc(NC(=O)c3cc(C)ccc3O)n2)cc1. The highest BCUT2D eigenvalue weighted by Crippen LogP contribution is 2.27. The number of phenolic OH excluding ortho intramolecular Hbond substituents is 1. The van der Waals surface area contributed by atoms with Gasteiger partial charge in [0.15, 0.2) is 5.13 Å². The summed E-state index contributed by atoms with van der Waals surface area (Å²) in [6, 6.07) is 12.1. The third-order valence-corrected chi connectivity index (χ3v) is 4.38. The van der Waals surface area contributed by atoms with E-state index < -0.39 is 5.91 Å². The lowest BCUT2D eigenvalue weighted by Gasteiger charge is -2.05. The number of carbonyl (C=O) groups is 2. The summed E-state index contributed by atoms with van der Waals surface area (Å²) < 4.78 is 0. The molecule has 26 heavy (non-hydrogen) atoms. The maximum Gasteiger partial charge on any atom is 0.261 e. The number of rotatable bonds is 4. The van der Waals surface area contributed by atoms with Crippen molar-refractivity contribution >= 4 is 34.0 Å². The molecule has 0 saturated carbocycles. The fourth-order valence-electron chi connectivity index (χ4n) is 2.39. The lowest BCUT2D eigenvalue weighted by atomic mass is 10.1. The van der Waals surface area contributed by atoms with Crippen molar-refractivity contribution in [3.8, 4) is 17.0 Å². The number of amides is 2. The molecule has 0 aliphatic heterocycles. The van der Waals surface area contributed by atoms with Crippen LogP contribution in [0.25, 0.3) is 11.3 Å². The molecule has 3 aromatic rings. The number of aromatic nitrogens is 1. The molecule has 0 bridgehead atoms. The Morgan fingerprint density at radius 1 is 1.08 bits per heavy atom. The van der Waals surface area contributed by atoms with Gasteiger partial charge in [-0.25, -0.2) is 4.98 Å². The van der Waals surface area contributed by atoms with E-state index in [9.17, 15) is 14.7 Å². The number of hydrogen-bond donors (Lipinski definition) is 3. The first-order valence-electron chi connectivity index (χ1n) is 7.87. The summed E-state index contributed by atoms with van der Waals surface area (Å²) in [5, 5.41) is 17.5. The molecular weight excluding hydrogens is 350 g/mol. The Morgan fingerprint density at radius 3 is 2.50 bits per heavy atom. The van der Waals surface area contributed by atoms with Gasteiger partial charge in [-0.1, -0.05) is 23.8 Å². The van der Waals surface area contributed by atoms with E-state index in [4.69, 9.17) is 0 Å². The van der Waals surface area contributed by atoms with Crippen LogP contribution < -0.4 is 10.6 Å². The van der Waals surface area contributed by atoms with Crippen LogP contribution in [0.1, 0.15) is 22.8 Å². The first-order chi connectivity index (χ1) is 12.4. The van der Waals surface area contributed by atoms with Crippen LogP contribution in [0.3, 0.4) is 0 Å². The lowest BCUT2D eigenvalue weighted by molar-refractivity contribution is -0.114. The minimum atomic E-state index is -0.409. The van der Waals surface area contributed by atoms with Crippen molar-refractivity contribution in [1.29, 1.82) is 0 Å². The predicted octanol–water partition coefficient (Wildman–Crippen LogP) is 4.03. The van der Waals surface area contributed by atoms with Crippen molar-refractivity contribution in [2.45, 2.75) is 13.8 Å². The van der Waals surface area contributed by atoms with Gasteiger partial charge in [0.1, 0.15) is 5.75 Å². The second-order valence-corrected chi connectivity index (χ2v) is 6.63. The molecule has 3 N–H and O–H groups in total. The van der Waals surface area contributed by atoms with Gasteiger partial charge < -0.3 is 10.4 Å². The maximum absolute atomic E-state index is 12.3. The molecule has 0 spiro atoms. The molecule has 132 valence electrons. The predicted molar refractivity (Wildman–Crippen MR) is 103 cm³/mol.